The molecule has 2 fully saturated rings. The highest BCUT2D eigenvalue weighted by atomic mass is 127. The molecular weight excluding hydrogens is 513 g/mol. The molecule has 0 aromatic carbocycles. The van der Waals surface area contributed by atoms with Crippen molar-refractivity contribution in [2.45, 2.75) is 51.3 Å². The van der Waals surface area contributed by atoms with E-state index >= 15 is 0 Å². The number of aliphatic imine (C=N–C) groups is 1. The summed E-state index contributed by atoms with van der Waals surface area (Å²) in [5, 5.41) is 9.11. The quantitative estimate of drug-likeness (QED) is 0.342. The van der Waals surface area contributed by atoms with Crippen molar-refractivity contribution < 1.29 is 9.53 Å². The minimum Gasteiger partial charge on any atom is -0.444 e. The van der Waals surface area contributed by atoms with Gasteiger partial charge in [0.1, 0.15) is 5.60 Å². The van der Waals surface area contributed by atoms with E-state index in [1.807, 2.05) is 32.1 Å². The predicted octanol–water partition coefficient (Wildman–Crippen LogP) is 3.53. The van der Waals surface area contributed by atoms with Crippen LogP contribution in [0.4, 0.5) is 4.79 Å². The van der Waals surface area contributed by atoms with Crippen LogP contribution in [0.5, 0.6) is 0 Å². The number of guanidine groups is 1. The maximum absolute atomic E-state index is 12.1. The zero-order valence-electron chi connectivity index (χ0n) is 18.7. The number of carbonyl (C=O) groups excluding carboxylic acids is 1. The Bertz CT molecular complexity index is 701. The first-order chi connectivity index (χ1) is 13.8. The summed E-state index contributed by atoms with van der Waals surface area (Å²) in [6, 6.07) is 5.05. The lowest BCUT2D eigenvalue weighted by Gasteiger charge is -2.41. The van der Waals surface area contributed by atoms with Gasteiger partial charge >= 0.3 is 6.09 Å². The number of ether oxygens (including phenoxy) is 1. The Morgan fingerprint density at radius 3 is 2.70 bits per heavy atom. The van der Waals surface area contributed by atoms with Gasteiger partial charge in [-0.2, -0.15) is 0 Å². The van der Waals surface area contributed by atoms with Crippen molar-refractivity contribution >= 4 is 47.4 Å². The molecule has 2 aliphatic rings. The Labute approximate surface area is 201 Å². The van der Waals surface area contributed by atoms with Crippen molar-refractivity contribution in [2.24, 2.45) is 10.9 Å². The fourth-order valence-electron chi connectivity index (χ4n) is 4.04. The number of halogens is 1. The van der Waals surface area contributed by atoms with Gasteiger partial charge in [-0.25, -0.2) is 4.79 Å². The lowest BCUT2D eigenvalue weighted by atomic mass is 9.88. The molecule has 1 aromatic heterocycles. The van der Waals surface area contributed by atoms with E-state index in [2.05, 4.69) is 45.1 Å². The number of hydrogen-bond donors (Lipinski definition) is 2. The third-order valence-corrected chi connectivity index (χ3v) is 6.41. The average Bonchev–Trinajstić information content (AvgIpc) is 3.12. The number of thiophene rings is 1. The Balaban J connectivity index is 0.00000320. The summed E-state index contributed by atoms with van der Waals surface area (Å²) in [5.74, 6) is 1.35. The van der Waals surface area contributed by atoms with Crippen molar-refractivity contribution in [3.8, 4) is 0 Å². The number of likely N-dealkylation sites (tertiary alicyclic amines) is 2. The Kier molecular flexibility index (Phi) is 9.23. The van der Waals surface area contributed by atoms with Gasteiger partial charge in [-0.3, -0.25) is 9.89 Å². The lowest BCUT2D eigenvalue weighted by Crippen LogP contribution is -2.63. The van der Waals surface area contributed by atoms with Crippen molar-refractivity contribution in [1.82, 2.24) is 20.4 Å². The van der Waals surface area contributed by atoms with Crippen LogP contribution in [-0.4, -0.2) is 73.8 Å². The first-order valence-electron chi connectivity index (χ1n) is 10.5. The zero-order chi connectivity index (χ0) is 21.0. The molecule has 0 saturated carbocycles. The van der Waals surface area contributed by atoms with Gasteiger partial charge in [0.15, 0.2) is 5.96 Å². The number of rotatable bonds is 4. The van der Waals surface area contributed by atoms with Crippen molar-refractivity contribution in [3.05, 3.63) is 22.4 Å². The second kappa shape index (κ2) is 11.0. The molecule has 1 amide bonds. The minimum atomic E-state index is -0.459. The fourth-order valence-corrected chi connectivity index (χ4v) is 5.03. The second-order valence-electron chi connectivity index (χ2n) is 9.02. The smallest absolute Gasteiger partial charge is 0.410 e. The highest BCUT2D eigenvalue weighted by Gasteiger charge is 2.35. The third kappa shape index (κ3) is 6.71. The van der Waals surface area contributed by atoms with Crippen LogP contribution in [-0.2, 0) is 4.74 Å². The van der Waals surface area contributed by atoms with Crippen LogP contribution in [0.15, 0.2) is 22.5 Å². The number of hydrogen-bond acceptors (Lipinski definition) is 5. The molecule has 2 aliphatic heterocycles. The number of piperidine rings is 1. The van der Waals surface area contributed by atoms with Crippen LogP contribution in [0.3, 0.4) is 0 Å². The predicted molar refractivity (Wildman–Crippen MR) is 134 cm³/mol. The van der Waals surface area contributed by atoms with Crippen LogP contribution in [0.25, 0.3) is 0 Å². The van der Waals surface area contributed by atoms with Gasteiger partial charge in [0.05, 0.1) is 6.04 Å². The molecule has 2 atom stereocenters. The number of amides is 1. The maximum Gasteiger partial charge on any atom is 0.410 e. The monoisotopic (exact) mass is 549 g/mol. The molecule has 2 saturated heterocycles. The molecule has 0 radical (unpaired) electrons. The molecule has 0 aliphatic carbocycles. The Hall–Kier alpha value is -1.07. The van der Waals surface area contributed by atoms with Crippen LogP contribution in [0.1, 0.15) is 44.5 Å². The van der Waals surface area contributed by atoms with Crippen molar-refractivity contribution in [1.29, 1.82) is 0 Å². The van der Waals surface area contributed by atoms with Crippen LogP contribution >= 0.6 is 35.3 Å². The summed E-state index contributed by atoms with van der Waals surface area (Å²) in [6.07, 6.45) is 2.19. The first kappa shape index (κ1) is 25.2. The molecule has 170 valence electrons. The zero-order valence-corrected chi connectivity index (χ0v) is 21.8. The number of nitrogens with zero attached hydrogens (tertiary/aromatic N) is 3. The summed E-state index contributed by atoms with van der Waals surface area (Å²) in [5.41, 5.74) is -0.459. The van der Waals surface area contributed by atoms with E-state index in [1.54, 1.807) is 11.9 Å². The van der Waals surface area contributed by atoms with Gasteiger partial charge in [0.2, 0.25) is 0 Å². The molecule has 0 spiro atoms. The minimum absolute atomic E-state index is 0. The standard InChI is InChI=1S/C21H35N5O2S.HI/c1-21(2,3)28-20(27)26-13-16(14-26)24-19(22-4)23-12-15-8-6-10-25(5)18(15)17-9-7-11-29-17;/h7,9,11,15-16,18H,6,8,10,12-14H2,1-5H3,(H2,22,23,24);1H. The topological polar surface area (TPSA) is 69.2 Å². The molecule has 3 heterocycles. The lowest BCUT2D eigenvalue weighted by molar-refractivity contribution is 0.00699. The molecule has 2 unspecified atom stereocenters. The SMILES string of the molecule is CN=C(NCC1CCCN(C)C1c1cccs1)NC1CN(C(=O)OC(C)(C)C)C1.I. The average molecular weight is 550 g/mol. The molecule has 3 rings (SSSR count). The third-order valence-electron chi connectivity index (χ3n) is 5.47. The molecule has 0 bridgehead atoms. The van der Waals surface area contributed by atoms with E-state index in [-0.39, 0.29) is 36.1 Å². The molecule has 7 nitrogen and oxygen atoms in total. The largest absolute Gasteiger partial charge is 0.444 e. The number of carbonyl (C=O) groups is 1. The maximum atomic E-state index is 12.1. The molecule has 9 heteroatoms. The van der Waals surface area contributed by atoms with Gasteiger partial charge < -0.3 is 20.3 Å². The van der Waals surface area contributed by atoms with E-state index in [4.69, 9.17) is 4.74 Å². The summed E-state index contributed by atoms with van der Waals surface area (Å²) in [6.45, 7) is 8.97. The van der Waals surface area contributed by atoms with Crippen molar-refractivity contribution in [3.63, 3.8) is 0 Å². The Morgan fingerprint density at radius 2 is 2.10 bits per heavy atom. The highest BCUT2D eigenvalue weighted by molar-refractivity contribution is 14.0. The number of nitrogens with one attached hydrogen (secondary N) is 2. The van der Waals surface area contributed by atoms with Gasteiger partial charge in [0, 0.05) is 37.6 Å². The van der Waals surface area contributed by atoms with E-state index < -0.39 is 5.60 Å². The van der Waals surface area contributed by atoms with E-state index in [1.165, 1.54) is 17.7 Å². The normalized spacial score (nSPS) is 23.4. The van der Waals surface area contributed by atoms with E-state index in [0.29, 0.717) is 25.0 Å². The highest BCUT2D eigenvalue weighted by Crippen LogP contribution is 2.36. The molecule has 30 heavy (non-hydrogen) atoms. The van der Waals surface area contributed by atoms with E-state index in [0.717, 1.165) is 19.0 Å². The van der Waals surface area contributed by atoms with Crippen molar-refractivity contribution in [2.75, 3.05) is 40.3 Å². The molecule has 1 aromatic rings. The van der Waals surface area contributed by atoms with Crippen LogP contribution < -0.4 is 10.6 Å². The summed E-state index contributed by atoms with van der Waals surface area (Å²) < 4.78 is 5.42. The summed E-state index contributed by atoms with van der Waals surface area (Å²) in [7, 11) is 4.02. The summed E-state index contributed by atoms with van der Waals surface area (Å²) >= 11 is 1.84. The second-order valence-corrected chi connectivity index (χ2v) is 10.0. The Morgan fingerprint density at radius 1 is 1.37 bits per heavy atom. The first-order valence-corrected chi connectivity index (χ1v) is 11.3. The van der Waals surface area contributed by atoms with Gasteiger partial charge in [-0.15, -0.1) is 35.3 Å². The molecular formula is C21H36IN5O2S. The van der Waals surface area contributed by atoms with Gasteiger partial charge in [-0.05, 0) is 64.6 Å². The van der Waals surface area contributed by atoms with Crippen LogP contribution in [0, 0.1) is 5.92 Å². The van der Waals surface area contributed by atoms with Crippen LogP contribution in [0.2, 0.25) is 0 Å². The molecule has 2 N–H and O–H groups in total. The van der Waals surface area contributed by atoms with E-state index in [9.17, 15) is 4.79 Å². The summed E-state index contributed by atoms with van der Waals surface area (Å²) in [4.78, 5) is 22.1. The van der Waals surface area contributed by atoms with Gasteiger partial charge in [0.25, 0.3) is 0 Å². The fraction of sp³-hybridized carbons (Fsp3) is 0.714. The van der Waals surface area contributed by atoms with Gasteiger partial charge in [-0.1, -0.05) is 6.07 Å².